The molecule has 0 saturated carbocycles. The number of likely N-dealkylation sites (tertiary alicyclic amines) is 1. The highest BCUT2D eigenvalue weighted by molar-refractivity contribution is 5.93. The van der Waals surface area contributed by atoms with Gasteiger partial charge in [0.05, 0.1) is 0 Å². The molecule has 1 aromatic heterocycles. The lowest BCUT2D eigenvalue weighted by Gasteiger charge is -2.37. The number of carbonyl (C=O) groups excluding carboxylic acids is 1. The lowest BCUT2D eigenvalue weighted by Crippen LogP contribution is -2.49. The van der Waals surface area contributed by atoms with Crippen molar-refractivity contribution in [1.82, 2.24) is 9.88 Å². The topological polar surface area (TPSA) is 85.2 Å². The maximum Gasteiger partial charge on any atom is 0.272 e. The van der Waals surface area contributed by atoms with Gasteiger partial charge in [-0.15, -0.1) is 0 Å². The van der Waals surface area contributed by atoms with E-state index in [1.807, 2.05) is 4.90 Å². The molecule has 18 heavy (non-hydrogen) atoms. The van der Waals surface area contributed by atoms with Crippen LogP contribution >= 0.6 is 0 Å². The lowest BCUT2D eigenvalue weighted by atomic mass is 9.92. The second-order valence-electron chi connectivity index (χ2n) is 4.97. The molecule has 2 unspecified atom stereocenters. The number of piperidine rings is 1. The Bertz CT molecular complexity index is 435. The van der Waals surface area contributed by atoms with E-state index in [0.717, 1.165) is 19.4 Å². The minimum absolute atomic E-state index is 0.0651. The first-order valence-corrected chi connectivity index (χ1v) is 6.35. The number of carbonyl (C=O) groups is 1. The number of aromatic nitrogens is 1. The van der Waals surface area contributed by atoms with Crippen LogP contribution in [0.5, 0.6) is 0 Å². The number of pyridine rings is 1. The molecule has 5 nitrogen and oxygen atoms in total. The summed E-state index contributed by atoms with van der Waals surface area (Å²) in [6, 6.07) is 5.24. The van der Waals surface area contributed by atoms with E-state index in [1.54, 1.807) is 18.2 Å². The normalized spacial score (nSPS) is 24.0. The van der Waals surface area contributed by atoms with Gasteiger partial charge in [-0.2, -0.15) is 0 Å². The van der Waals surface area contributed by atoms with Crippen molar-refractivity contribution in [3.63, 3.8) is 0 Å². The first-order valence-electron chi connectivity index (χ1n) is 6.35. The molecule has 4 N–H and O–H groups in total. The van der Waals surface area contributed by atoms with Crippen molar-refractivity contribution in [2.75, 3.05) is 18.8 Å². The summed E-state index contributed by atoms with van der Waals surface area (Å²) >= 11 is 0. The molecule has 1 fully saturated rings. The number of hydrogen-bond donors (Lipinski definition) is 2. The number of hydrogen-bond acceptors (Lipinski definition) is 4. The summed E-state index contributed by atoms with van der Waals surface area (Å²) in [4.78, 5) is 18.3. The van der Waals surface area contributed by atoms with Gasteiger partial charge >= 0.3 is 0 Å². The number of nitrogens with two attached hydrogens (primary N) is 2. The maximum atomic E-state index is 12.4. The number of rotatable bonds is 2. The zero-order chi connectivity index (χ0) is 13.1. The zero-order valence-corrected chi connectivity index (χ0v) is 10.7. The third kappa shape index (κ3) is 2.61. The molecule has 0 spiro atoms. The minimum Gasteiger partial charge on any atom is -0.384 e. The van der Waals surface area contributed by atoms with Crippen molar-refractivity contribution in [2.45, 2.75) is 25.8 Å². The SMILES string of the molecule is CC1CCN(C(=O)c2cccc(N)n2)C(CN)C1. The largest absolute Gasteiger partial charge is 0.384 e. The Morgan fingerprint density at radius 3 is 3.00 bits per heavy atom. The van der Waals surface area contributed by atoms with Crippen LogP contribution in [0.25, 0.3) is 0 Å². The maximum absolute atomic E-state index is 12.4. The molecule has 0 bridgehead atoms. The Balaban J connectivity index is 2.17. The smallest absolute Gasteiger partial charge is 0.272 e. The number of amides is 1. The fourth-order valence-corrected chi connectivity index (χ4v) is 2.46. The van der Waals surface area contributed by atoms with Crippen LogP contribution in [0.2, 0.25) is 0 Å². The van der Waals surface area contributed by atoms with Crippen LogP contribution < -0.4 is 11.5 Å². The fourth-order valence-electron chi connectivity index (χ4n) is 2.46. The molecule has 0 aliphatic carbocycles. The summed E-state index contributed by atoms with van der Waals surface area (Å²) in [7, 11) is 0. The summed E-state index contributed by atoms with van der Waals surface area (Å²) in [6.07, 6.45) is 1.98. The average Bonchev–Trinajstić information content (AvgIpc) is 2.37. The standard InChI is InChI=1S/C13H20N4O/c1-9-5-6-17(10(7-9)8-14)13(18)11-3-2-4-12(15)16-11/h2-4,9-10H,5-8,14H2,1H3,(H2,15,16). The molecule has 1 aromatic rings. The van der Waals surface area contributed by atoms with Crippen LogP contribution in [0, 0.1) is 5.92 Å². The Morgan fingerprint density at radius 1 is 1.56 bits per heavy atom. The quantitative estimate of drug-likeness (QED) is 0.813. The highest BCUT2D eigenvalue weighted by Crippen LogP contribution is 2.23. The summed E-state index contributed by atoms with van der Waals surface area (Å²) in [5.74, 6) is 0.927. The molecular weight excluding hydrogens is 228 g/mol. The molecule has 98 valence electrons. The van der Waals surface area contributed by atoms with Gasteiger partial charge in [0, 0.05) is 19.1 Å². The van der Waals surface area contributed by atoms with Crippen molar-refractivity contribution in [1.29, 1.82) is 0 Å². The van der Waals surface area contributed by atoms with E-state index in [-0.39, 0.29) is 11.9 Å². The minimum atomic E-state index is -0.0651. The number of nitrogens with zero attached hydrogens (tertiary/aromatic N) is 2. The molecule has 1 amide bonds. The van der Waals surface area contributed by atoms with Gasteiger partial charge in [0.25, 0.3) is 5.91 Å². The predicted molar refractivity (Wildman–Crippen MR) is 70.9 cm³/mol. The van der Waals surface area contributed by atoms with Crippen molar-refractivity contribution in [3.8, 4) is 0 Å². The third-order valence-corrected chi connectivity index (χ3v) is 3.50. The van der Waals surface area contributed by atoms with Gasteiger partial charge in [0.15, 0.2) is 0 Å². The summed E-state index contributed by atoms with van der Waals surface area (Å²) in [5.41, 5.74) is 11.8. The van der Waals surface area contributed by atoms with Crippen LogP contribution in [0.4, 0.5) is 5.82 Å². The van der Waals surface area contributed by atoms with Crippen LogP contribution in [-0.4, -0.2) is 34.9 Å². The van der Waals surface area contributed by atoms with Crippen LogP contribution in [-0.2, 0) is 0 Å². The molecule has 2 rings (SSSR count). The monoisotopic (exact) mass is 248 g/mol. The number of nitrogen functional groups attached to an aromatic ring is 1. The van der Waals surface area contributed by atoms with Crippen LogP contribution in [0.1, 0.15) is 30.3 Å². The van der Waals surface area contributed by atoms with E-state index < -0.39 is 0 Å². The highest BCUT2D eigenvalue weighted by Gasteiger charge is 2.30. The summed E-state index contributed by atoms with van der Waals surface area (Å²) in [5, 5.41) is 0. The predicted octanol–water partition coefficient (Wildman–Crippen LogP) is 0.863. The molecule has 1 aliphatic rings. The first kappa shape index (κ1) is 12.8. The third-order valence-electron chi connectivity index (χ3n) is 3.50. The van der Waals surface area contributed by atoms with Gasteiger partial charge in [0.1, 0.15) is 11.5 Å². The van der Waals surface area contributed by atoms with E-state index in [0.29, 0.717) is 24.0 Å². The van der Waals surface area contributed by atoms with Crippen molar-refractivity contribution >= 4 is 11.7 Å². The second kappa shape index (κ2) is 5.35. The van der Waals surface area contributed by atoms with Gasteiger partial charge in [0.2, 0.25) is 0 Å². The van der Waals surface area contributed by atoms with E-state index in [2.05, 4.69) is 11.9 Å². The lowest BCUT2D eigenvalue weighted by molar-refractivity contribution is 0.0568. The van der Waals surface area contributed by atoms with E-state index in [1.165, 1.54) is 0 Å². The second-order valence-corrected chi connectivity index (χ2v) is 4.97. The average molecular weight is 248 g/mol. The highest BCUT2D eigenvalue weighted by atomic mass is 16.2. The summed E-state index contributed by atoms with van der Waals surface area (Å²) in [6.45, 7) is 3.44. The Kier molecular flexibility index (Phi) is 3.81. The molecule has 1 saturated heterocycles. The van der Waals surface area contributed by atoms with E-state index in [9.17, 15) is 4.79 Å². The van der Waals surface area contributed by atoms with Crippen molar-refractivity contribution < 1.29 is 4.79 Å². The first-order chi connectivity index (χ1) is 8.61. The zero-order valence-electron chi connectivity index (χ0n) is 10.7. The molecule has 5 heteroatoms. The van der Waals surface area contributed by atoms with Gasteiger partial charge < -0.3 is 16.4 Å². The van der Waals surface area contributed by atoms with E-state index >= 15 is 0 Å². The Hall–Kier alpha value is -1.62. The number of anilines is 1. The Morgan fingerprint density at radius 2 is 2.33 bits per heavy atom. The van der Waals surface area contributed by atoms with E-state index in [4.69, 9.17) is 11.5 Å². The van der Waals surface area contributed by atoms with Gasteiger partial charge in [-0.05, 0) is 30.9 Å². The van der Waals surface area contributed by atoms with Crippen molar-refractivity contribution in [3.05, 3.63) is 23.9 Å². The molecule has 2 heterocycles. The van der Waals surface area contributed by atoms with Crippen molar-refractivity contribution in [2.24, 2.45) is 11.7 Å². The van der Waals surface area contributed by atoms with Gasteiger partial charge in [-0.25, -0.2) is 4.98 Å². The molecule has 2 atom stereocenters. The fraction of sp³-hybridized carbons (Fsp3) is 0.538. The van der Waals surface area contributed by atoms with Crippen LogP contribution in [0.3, 0.4) is 0 Å². The van der Waals surface area contributed by atoms with Gasteiger partial charge in [-0.3, -0.25) is 4.79 Å². The van der Waals surface area contributed by atoms with Crippen LogP contribution in [0.15, 0.2) is 18.2 Å². The van der Waals surface area contributed by atoms with Gasteiger partial charge in [-0.1, -0.05) is 13.0 Å². The molecule has 0 radical (unpaired) electrons. The molecule has 1 aliphatic heterocycles. The molecule has 0 aromatic carbocycles. The Labute approximate surface area is 107 Å². The molecular formula is C13H20N4O. The summed E-state index contributed by atoms with van der Waals surface area (Å²) < 4.78 is 0.